The third-order valence-corrected chi connectivity index (χ3v) is 4.44. The fourth-order valence-corrected chi connectivity index (χ4v) is 3.45. The number of sulfonamides is 1. The predicted octanol–water partition coefficient (Wildman–Crippen LogP) is 2.47. The van der Waals surface area contributed by atoms with Crippen molar-refractivity contribution in [1.82, 2.24) is 4.31 Å². The van der Waals surface area contributed by atoms with Gasteiger partial charge in [0, 0.05) is 5.54 Å². The van der Waals surface area contributed by atoms with Gasteiger partial charge in [0.05, 0.1) is 24.6 Å². The van der Waals surface area contributed by atoms with E-state index < -0.39 is 21.5 Å². The molecule has 0 aliphatic heterocycles. The van der Waals surface area contributed by atoms with Crippen LogP contribution in [0.4, 0.5) is 5.69 Å². The molecule has 0 heterocycles. The fraction of sp³-hybridized carbons (Fsp3) is 0.562. The van der Waals surface area contributed by atoms with Crippen molar-refractivity contribution in [2.24, 2.45) is 0 Å². The normalized spacial score (nSPS) is 12.5. The van der Waals surface area contributed by atoms with E-state index in [-0.39, 0.29) is 12.6 Å². The number of carbonyl (C=O) groups excluding carboxylic acids is 1. The van der Waals surface area contributed by atoms with Crippen LogP contribution in [0.15, 0.2) is 24.3 Å². The maximum atomic E-state index is 12.3. The van der Waals surface area contributed by atoms with Crippen LogP contribution >= 0.6 is 0 Å². The van der Waals surface area contributed by atoms with Crippen molar-refractivity contribution >= 4 is 21.6 Å². The average Bonchev–Trinajstić information content (AvgIpc) is 2.35. The Balaban J connectivity index is 2.92. The molecule has 0 aromatic heterocycles. The lowest BCUT2D eigenvalue weighted by Crippen LogP contribution is -2.48. The summed E-state index contributed by atoms with van der Waals surface area (Å²) in [6.45, 7) is 8.77. The third-order valence-electron chi connectivity index (χ3n) is 2.96. The maximum absolute atomic E-state index is 12.3. The summed E-state index contributed by atoms with van der Waals surface area (Å²) in [5, 5.41) is 2.72. The van der Waals surface area contributed by atoms with Crippen LogP contribution in [-0.2, 0) is 14.8 Å². The van der Waals surface area contributed by atoms with Gasteiger partial charge in [0.2, 0.25) is 15.9 Å². The van der Waals surface area contributed by atoms with Gasteiger partial charge in [-0.2, -0.15) is 4.31 Å². The van der Waals surface area contributed by atoms with Gasteiger partial charge in [-0.05, 0) is 46.8 Å². The van der Waals surface area contributed by atoms with Gasteiger partial charge in [0.15, 0.2) is 0 Å². The zero-order chi connectivity index (χ0) is 17.8. The van der Waals surface area contributed by atoms with Crippen molar-refractivity contribution in [3.63, 3.8) is 0 Å². The summed E-state index contributed by atoms with van der Waals surface area (Å²) in [4.78, 5) is 12.3. The van der Waals surface area contributed by atoms with Crippen LogP contribution in [0.25, 0.3) is 0 Å². The number of rotatable bonds is 6. The molecule has 1 rings (SSSR count). The van der Waals surface area contributed by atoms with Crippen LogP contribution in [0.1, 0.15) is 34.6 Å². The molecule has 0 bridgehead atoms. The second-order valence-electron chi connectivity index (χ2n) is 6.65. The minimum absolute atomic E-state index is 0.0323. The molecule has 0 saturated carbocycles. The maximum Gasteiger partial charge on any atom is 0.239 e. The number of carbonyl (C=O) groups is 1. The molecular weight excluding hydrogens is 316 g/mol. The first-order valence-electron chi connectivity index (χ1n) is 7.44. The van der Waals surface area contributed by atoms with Gasteiger partial charge in [0.1, 0.15) is 5.75 Å². The van der Waals surface area contributed by atoms with E-state index in [0.29, 0.717) is 11.4 Å². The van der Waals surface area contributed by atoms with Gasteiger partial charge in [0.25, 0.3) is 0 Å². The van der Waals surface area contributed by atoms with E-state index in [1.807, 2.05) is 19.9 Å². The average molecular weight is 342 g/mol. The molecule has 1 amide bonds. The first-order chi connectivity index (χ1) is 10.4. The molecule has 0 spiro atoms. The van der Waals surface area contributed by atoms with Crippen molar-refractivity contribution in [2.45, 2.75) is 46.3 Å². The largest absolute Gasteiger partial charge is 0.489 e. The van der Waals surface area contributed by atoms with Crippen LogP contribution in [0, 0.1) is 0 Å². The van der Waals surface area contributed by atoms with E-state index in [2.05, 4.69) is 5.32 Å². The molecule has 7 heteroatoms. The highest BCUT2D eigenvalue weighted by molar-refractivity contribution is 7.88. The molecule has 1 aromatic carbocycles. The summed E-state index contributed by atoms with van der Waals surface area (Å²) >= 11 is 0. The molecule has 1 N–H and O–H groups in total. The van der Waals surface area contributed by atoms with E-state index in [1.54, 1.807) is 39.0 Å². The molecule has 0 aliphatic carbocycles. The molecule has 6 nitrogen and oxygen atoms in total. The standard InChI is InChI=1S/C16H26N2O4S/c1-12(2)22-14-10-8-7-9-13(14)17-15(19)11-18(16(3,4)5)23(6,20)21/h7-10,12H,11H2,1-6H3,(H,17,19). The quantitative estimate of drug-likeness (QED) is 0.862. The van der Waals surface area contributed by atoms with Gasteiger partial charge in [-0.15, -0.1) is 0 Å². The second kappa shape index (κ2) is 7.31. The highest BCUT2D eigenvalue weighted by atomic mass is 32.2. The highest BCUT2D eigenvalue weighted by Crippen LogP contribution is 2.25. The van der Waals surface area contributed by atoms with E-state index in [4.69, 9.17) is 4.74 Å². The van der Waals surface area contributed by atoms with E-state index in [0.717, 1.165) is 6.26 Å². The monoisotopic (exact) mass is 342 g/mol. The number of ether oxygens (including phenoxy) is 1. The zero-order valence-electron chi connectivity index (χ0n) is 14.6. The van der Waals surface area contributed by atoms with Gasteiger partial charge >= 0.3 is 0 Å². The first-order valence-corrected chi connectivity index (χ1v) is 9.29. The van der Waals surface area contributed by atoms with Gasteiger partial charge in [-0.3, -0.25) is 4.79 Å². The van der Waals surface area contributed by atoms with Crippen molar-refractivity contribution < 1.29 is 17.9 Å². The van der Waals surface area contributed by atoms with Crippen LogP contribution in [0.2, 0.25) is 0 Å². The predicted molar refractivity (Wildman–Crippen MR) is 92.1 cm³/mol. The Kier molecular flexibility index (Phi) is 6.18. The SMILES string of the molecule is CC(C)Oc1ccccc1NC(=O)CN(C(C)(C)C)S(C)(=O)=O. The Labute approximate surface area is 138 Å². The molecule has 23 heavy (non-hydrogen) atoms. The lowest BCUT2D eigenvalue weighted by atomic mass is 10.1. The van der Waals surface area contributed by atoms with E-state index >= 15 is 0 Å². The molecule has 1 aromatic rings. The summed E-state index contributed by atoms with van der Waals surface area (Å²) in [5.74, 6) is 0.141. The number of para-hydroxylation sites is 2. The molecule has 0 unspecified atom stereocenters. The molecule has 0 aliphatic rings. The van der Waals surface area contributed by atoms with E-state index in [9.17, 15) is 13.2 Å². The molecule has 130 valence electrons. The van der Waals surface area contributed by atoms with Crippen molar-refractivity contribution in [3.8, 4) is 5.75 Å². The highest BCUT2D eigenvalue weighted by Gasteiger charge is 2.31. The number of hydrogen-bond donors (Lipinski definition) is 1. The smallest absolute Gasteiger partial charge is 0.239 e. The number of nitrogens with zero attached hydrogens (tertiary/aromatic N) is 1. The van der Waals surface area contributed by atoms with Crippen LogP contribution in [-0.4, -0.2) is 43.1 Å². The van der Waals surface area contributed by atoms with Crippen molar-refractivity contribution in [2.75, 3.05) is 18.1 Å². The van der Waals surface area contributed by atoms with Crippen molar-refractivity contribution in [1.29, 1.82) is 0 Å². The second-order valence-corrected chi connectivity index (χ2v) is 8.56. The third kappa shape index (κ3) is 6.19. The number of benzene rings is 1. The number of amides is 1. The minimum Gasteiger partial charge on any atom is -0.489 e. The van der Waals surface area contributed by atoms with Crippen LogP contribution in [0.5, 0.6) is 5.75 Å². The summed E-state index contributed by atoms with van der Waals surface area (Å²) in [6, 6.07) is 7.07. The van der Waals surface area contributed by atoms with Crippen molar-refractivity contribution in [3.05, 3.63) is 24.3 Å². The number of anilines is 1. The van der Waals surface area contributed by atoms with Crippen LogP contribution in [0.3, 0.4) is 0 Å². The summed E-state index contributed by atoms with van der Waals surface area (Å²) in [6.07, 6.45) is 1.07. The lowest BCUT2D eigenvalue weighted by molar-refractivity contribution is -0.117. The molecule has 0 radical (unpaired) electrons. The molecule has 0 saturated heterocycles. The summed E-state index contributed by atoms with van der Waals surface area (Å²) in [7, 11) is -3.50. The Morgan fingerprint density at radius 3 is 2.30 bits per heavy atom. The van der Waals surface area contributed by atoms with E-state index in [1.165, 1.54) is 4.31 Å². The summed E-state index contributed by atoms with van der Waals surface area (Å²) in [5.41, 5.74) is -0.160. The first kappa shape index (κ1) is 19.4. The van der Waals surface area contributed by atoms with Gasteiger partial charge in [-0.1, -0.05) is 12.1 Å². The Morgan fingerprint density at radius 1 is 1.26 bits per heavy atom. The fourth-order valence-electron chi connectivity index (χ4n) is 2.10. The van der Waals surface area contributed by atoms with Gasteiger partial charge < -0.3 is 10.1 Å². The number of nitrogens with one attached hydrogen (secondary N) is 1. The Bertz CT molecular complexity index is 648. The molecular formula is C16H26N2O4S. The zero-order valence-corrected chi connectivity index (χ0v) is 15.4. The summed E-state index contributed by atoms with van der Waals surface area (Å²) < 4.78 is 30.6. The molecule has 0 atom stereocenters. The van der Waals surface area contributed by atoms with Gasteiger partial charge in [-0.25, -0.2) is 8.42 Å². The minimum atomic E-state index is -3.50. The topological polar surface area (TPSA) is 75.7 Å². The Morgan fingerprint density at radius 2 is 1.83 bits per heavy atom. The Hall–Kier alpha value is -1.60. The van der Waals surface area contributed by atoms with Crippen LogP contribution < -0.4 is 10.1 Å². The lowest BCUT2D eigenvalue weighted by Gasteiger charge is -2.32. The number of hydrogen-bond acceptors (Lipinski definition) is 4. The molecule has 0 fully saturated rings.